The SMILES string of the molecule is NCc1cccc(S(=O)(=O)Nc2cc(Br)c(F)cc2F)c1. The van der Waals surface area contributed by atoms with Crippen molar-refractivity contribution in [2.75, 3.05) is 4.72 Å². The van der Waals surface area contributed by atoms with Gasteiger partial charge >= 0.3 is 0 Å². The van der Waals surface area contributed by atoms with Crippen LogP contribution in [0.25, 0.3) is 0 Å². The van der Waals surface area contributed by atoms with Crippen molar-refractivity contribution in [1.82, 2.24) is 0 Å². The number of halogens is 3. The van der Waals surface area contributed by atoms with Crippen molar-refractivity contribution in [3.8, 4) is 0 Å². The Labute approximate surface area is 129 Å². The smallest absolute Gasteiger partial charge is 0.261 e. The molecular weight excluding hydrogens is 366 g/mol. The normalized spacial score (nSPS) is 11.4. The molecule has 0 atom stereocenters. The summed E-state index contributed by atoms with van der Waals surface area (Å²) in [5.41, 5.74) is 5.73. The fraction of sp³-hybridized carbons (Fsp3) is 0.0769. The Morgan fingerprint density at radius 1 is 1.14 bits per heavy atom. The van der Waals surface area contributed by atoms with Crippen LogP contribution in [-0.4, -0.2) is 8.42 Å². The summed E-state index contributed by atoms with van der Waals surface area (Å²) >= 11 is 2.87. The number of nitrogens with two attached hydrogens (primary N) is 1. The molecule has 8 heteroatoms. The van der Waals surface area contributed by atoms with Gasteiger partial charge in [0.25, 0.3) is 10.0 Å². The number of sulfonamides is 1. The Kier molecular flexibility index (Phi) is 4.60. The van der Waals surface area contributed by atoms with Gasteiger partial charge < -0.3 is 5.73 Å². The fourth-order valence-electron chi connectivity index (χ4n) is 1.64. The third kappa shape index (κ3) is 3.58. The van der Waals surface area contributed by atoms with Crippen molar-refractivity contribution in [2.45, 2.75) is 11.4 Å². The largest absolute Gasteiger partial charge is 0.326 e. The highest BCUT2D eigenvalue weighted by Gasteiger charge is 2.18. The first-order chi connectivity index (χ1) is 9.83. The second-order valence-corrected chi connectivity index (χ2v) is 6.74. The average Bonchev–Trinajstić information content (AvgIpc) is 2.44. The number of anilines is 1. The van der Waals surface area contributed by atoms with Gasteiger partial charge in [-0.25, -0.2) is 17.2 Å². The van der Waals surface area contributed by atoms with Crippen LogP contribution in [0.4, 0.5) is 14.5 Å². The van der Waals surface area contributed by atoms with Crippen molar-refractivity contribution in [2.24, 2.45) is 5.73 Å². The molecule has 0 bridgehead atoms. The number of hydrogen-bond donors (Lipinski definition) is 2. The predicted octanol–water partition coefficient (Wildman–Crippen LogP) is 2.99. The van der Waals surface area contributed by atoms with Crippen LogP contribution in [0.1, 0.15) is 5.56 Å². The molecule has 112 valence electrons. The van der Waals surface area contributed by atoms with Crippen molar-refractivity contribution in [3.63, 3.8) is 0 Å². The van der Waals surface area contributed by atoms with Gasteiger partial charge in [-0.05, 0) is 39.7 Å². The lowest BCUT2D eigenvalue weighted by atomic mass is 10.2. The Balaban J connectivity index is 2.39. The first kappa shape index (κ1) is 15.9. The summed E-state index contributed by atoms with van der Waals surface area (Å²) in [6.45, 7) is 0.180. The molecule has 0 fully saturated rings. The fourth-order valence-corrected chi connectivity index (χ4v) is 3.12. The predicted molar refractivity (Wildman–Crippen MR) is 79.2 cm³/mol. The van der Waals surface area contributed by atoms with E-state index in [0.29, 0.717) is 11.6 Å². The molecule has 21 heavy (non-hydrogen) atoms. The monoisotopic (exact) mass is 376 g/mol. The summed E-state index contributed by atoms with van der Waals surface area (Å²) in [5.74, 6) is -1.82. The van der Waals surface area contributed by atoms with E-state index < -0.39 is 21.7 Å². The number of benzene rings is 2. The highest BCUT2D eigenvalue weighted by molar-refractivity contribution is 9.10. The third-order valence-corrected chi connectivity index (χ3v) is 4.67. The summed E-state index contributed by atoms with van der Waals surface area (Å²) < 4.78 is 53.2. The summed E-state index contributed by atoms with van der Waals surface area (Å²) in [6.07, 6.45) is 0. The molecule has 0 saturated carbocycles. The maximum atomic E-state index is 13.6. The molecule has 0 aliphatic carbocycles. The van der Waals surface area contributed by atoms with Gasteiger partial charge in [0.2, 0.25) is 0 Å². The van der Waals surface area contributed by atoms with Crippen molar-refractivity contribution in [3.05, 3.63) is 58.1 Å². The minimum atomic E-state index is -3.99. The Hall–Kier alpha value is -1.51. The quantitative estimate of drug-likeness (QED) is 0.805. The summed E-state index contributed by atoms with van der Waals surface area (Å²) in [6, 6.07) is 7.58. The molecular formula is C13H11BrF2N2O2S. The Bertz CT molecular complexity index is 782. The Morgan fingerprint density at radius 2 is 1.86 bits per heavy atom. The zero-order chi connectivity index (χ0) is 15.6. The number of nitrogens with one attached hydrogen (secondary N) is 1. The van der Waals surface area contributed by atoms with Crippen LogP contribution >= 0.6 is 15.9 Å². The van der Waals surface area contributed by atoms with Gasteiger partial charge in [0.1, 0.15) is 11.6 Å². The van der Waals surface area contributed by atoms with Gasteiger partial charge in [-0.1, -0.05) is 12.1 Å². The van der Waals surface area contributed by atoms with Crippen LogP contribution in [0.15, 0.2) is 45.8 Å². The standard InChI is InChI=1S/C13H11BrF2N2O2S/c14-10-5-13(12(16)6-11(10)15)18-21(19,20)9-3-1-2-8(4-9)7-17/h1-6,18H,7,17H2. The molecule has 3 N–H and O–H groups in total. The van der Waals surface area contributed by atoms with Crippen LogP contribution in [0, 0.1) is 11.6 Å². The van der Waals surface area contributed by atoms with Gasteiger partial charge in [0.15, 0.2) is 0 Å². The minimum Gasteiger partial charge on any atom is -0.326 e. The summed E-state index contributed by atoms with van der Waals surface area (Å²) in [4.78, 5) is -0.0507. The van der Waals surface area contributed by atoms with Crippen LogP contribution in [0.3, 0.4) is 0 Å². The highest BCUT2D eigenvalue weighted by atomic mass is 79.9. The van der Waals surface area contributed by atoms with Crippen LogP contribution in [0.2, 0.25) is 0 Å². The van der Waals surface area contributed by atoms with E-state index in [1.54, 1.807) is 6.07 Å². The molecule has 0 saturated heterocycles. The van der Waals surface area contributed by atoms with E-state index in [1.165, 1.54) is 18.2 Å². The van der Waals surface area contributed by atoms with Gasteiger partial charge in [-0.2, -0.15) is 0 Å². The lowest BCUT2D eigenvalue weighted by molar-refractivity contribution is 0.579. The van der Waals surface area contributed by atoms with Gasteiger partial charge in [0.05, 0.1) is 15.1 Å². The first-order valence-corrected chi connectivity index (χ1v) is 8.07. The lowest BCUT2D eigenvalue weighted by Gasteiger charge is -2.10. The zero-order valence-corrected chi connectivity index (χ0v) is 13.0. The summed E-state index contributed by atoms with van der Waals surface area (Å²) in [5, 5.41) is 0. The lowest BCUT2D eigenvalue weighted by Crippen LogP contribution is -2.14. The van der Waals surface area contributed by atoms with E-state index in [-0.39, 0.29) is 21.6 Å². The molecule has 0 amide bonds. The van der Waals surface area contributed by atoms with E-state index in [1.807, 2.05) is 0 Å². The molecule has 0 radical (unpaired) electrons. The van der Waals surface area contributed by atoms with E-state index in [9.17, 15) is 17.2 Å². The molecule has 0 aliphatic heterocycles. The van der Waals surface area contributed by atoms with Gasteiger partial charge in [-0.15, -0.1) is 0 Å². The second-order valence-electron chi connectivity index (χ2n) is 4.20. The molecule has 4 nitrogen and oxygen atoms in total. The van der Waals surface area contributed by atoms with Crippen molar-refractivity contribution >= 4 is 31.6 Å². The van der Waals surface area contributed by atoms with E-state index >= 15 is 0 Å². The number of hydrogen-bond acceptors (Lipinski definition) is 3. The molecule has 0 unspecified atom stereocenters. The molecule has 2 aromatic rings. The third-order valence-electron chi connectivity index (χ3n) is 2.70. The van der Waals surface area contributed by atoms with Crippen molar-refractivity contribution in [1.29, 1.82) is 0 Å². The molecule has 2 rings (SSSR count). The summed E-state index contributed by atoms with van der Waals surface area (Å²) in [7, 11) is -3.99. The van der Waals surface area contributed by atoms with Crippen LogP contribution < -0.4 is 10.5 Å². The highest BCUT2D eigenvalue weighted by Crippen LogP contribution is 2.26. The second kappa shape index (κ2) is 6.08. The van der Waals surface area contributed by atoms with E-state index in [2.05, 4.69) is 20.7 Å². The maximum Gasteiger partial charge on any atom is 0.261 e. The van der Waals surface area contributed by atoms with Crippen LogP contribution in [0.5, 0.6) is 0 Å². The Morgan fingerprint density at radius 3 is 2.52 bits per heavy atom. The maximum absolute atomic E-state index is 13.6. The van der Waals surface area contributed by atoms with Crippen LogP contribution in [-0.2, 0) is 16.6 Å². The number of rotatable bonds is 4. The van der Waals surface area contributed by atoms with E-state index in [0.717, 1.165) is 6.07 Å². The van der Waals surface area contributed by atoms with Gasteiger partial charge in [0, 0.05) is 12.6 Å². The molecule has 2 aromatic carbocycles. The molecule has 0 heterocycles. The molecule has 0 aliphatic rings. The minimum absolute atomic E-state index is 0.0442. The first-order valence-electron chi connectivity index (χ1n) is 5.80. The zero-order valence-electron chi connectivity index (χ0n) is 10.6. The van der Waals surface area contributed by atoms with Gasteiger partial charge in [-0.3, -0.25) is 4.72 Å². The molecule has 0 aromatic heterocycles. The topological polar surface area (TPSA) is 72.2 Å². The average molecular weight is 377 g/mol. The van der Waals surface area contributed by atoms with E-state index in [4.69, 9.17) is 5.73 Å². The molecule has 0 spiro atoms. The van der Waals surface area contributed by atoms with Crippen molar-refractivity contribution < 1.29 is 17.2 Å².